The lowest BCUT2D eigenvalue weighted by molar-refractivity contribution is -0.138. The zero-order valence-corrected chi connectivity index (χ0v) is 10.7. The molecule has 14 heavy (non-hydrogen) atoms. The summed E-state index contributed by atoms with van der Waals surface area (Å²) in [6.07, 6.45) is 1.99. The standard InChI is InChI=1S/C11H22ClNO/c1-6-7-9(2)10(14)13(5)11(3,4)8-12/h9H,6-8H2,1-5H3. The molecule has 0 radical (unpaired) electrons. The molecule has 0 aromatic rings. The van der Waals surface area contributed by atoms with Crippen molar-refractivity contribution < 1.29 is 4.79 Å². The molecule has 0 bridgehead atoms. The summed E-state index contributed by atoms with van der Waals surface area (Å²) in [5.41, 5.74) is -0.249. The summed E-state index contributed by atoms with van der Waals surface area (Å²) in [6, 6.07) is 0. The average Bonchev–Trinajstić information content (AvgIpc) is 2.15. The Morgan fingerprint density at radius 3 is 2.36 bits per heavy atom. The number of carbonyl (C=O) groups excluding carboxylic acids is 1. The topological polar surface area (TPSA) is 20.3 Å². The zero-order valence-electron chi connectivity index (χ0n) is 9.93. The lowest BCUT2D eigenvalue weighted by Gasteiger charge is -2.35. The number of hydrogen-bond acceptors (Lipinski definition) is 1. The molecule has 3 heteroatoms. The van der Waals surface area contributed by atoms with Gasteiger partial charge in [0.25, 0.3) is 0 Å². The molecule has 0 heterocycles. The van der Waals surface area contributed by atoms with E-state index in [1.165, 1.54) is 0 Å². The van der Waals surface area contributed by atoms with Gasteiger partial charge in [0.05, 0.1) is 5.54 Å². The SMILES string of the molecule is CCCC(C)C(=O)N(C)C(C)(C)CCl. The van der Waals surface area contributed by atoms with Crippen molar-refractivity contribution in [2.45, 2.75) is 46.1 Å². The Morgan fingerprint density at radius 1 is 1.50 bits per heavy atom. The van der Waals surface area contributed by atoms with E-state index >= 15 is 0 Å². The van der Waals surface area contributed by atoms with Gasteiger partial charge in [0, 0.05) is 18.8 Å². The molecule has 0 aliphatic carbocycles. The van der Waals surface area contributed by atoms with Gasteiger partial charge in [-0.25, -0.2) is 0 Å². The molecule has 2 nitrogen and oxygen atoms in total. The monoisotopic (exact) mass is 219 g/mol. The second-order valence-electron chi connectivity index (χ2n) is 4.53. The van der Waals surface area contributed by atoms with Crippen molar-refractivity contribution in [1.29, 1.82) is 0 Å². The first-order valence-corrected chi connectivity index (χ1v) is 5.74. The Bertz CT molecular complexity index is 192. The van der Waals surface area contributed by atoms with Gasteiger partial charge in [0.1, 0.15) is 0 Å². The van der Waals surface area contributed by atoms with Gasteiger partial charge in [0.2, 0.25) is 5.91 Å². The van der Waals surface area contributed by atoms with Crippen LogP contribution in [0.3, 0.4) is 0 Å². The lowest BCUT2D eigenvalue weighted by Crippen LogP contribution is -2.48. The summed E-state index contributed by atoms with van der Waals surface area (Å²) >= 11 is 5.82. The van der Waals surface area contributed by atoms with Gasteiger partial charge in [-0.2, -0.15) is 0 Å². The molecule has 0 spiro atoms. The Hall–Kier alpha value is -0.240. The molecule has 0 saturated carbocycles. The molecular formula is C11H22ClNO. The fourth-order valence-electron chi connectivity index (χ4n) is 1.28. The molecule has 0 aliphatic rings. The second kappa shape index (κ2) is 5.59. The summed E-state index contributed by atoms with van der Waals surface area (Å²) in [4.78, 5) is 13.7. The molecule has 0 N–H and O–H groups in total. The highest BCUT2D eigenvalue weighted by molar-refractivity contribution is 6.18. The van der Waals surface area contributed by atoms with Crippen molar-refractivity contribution in [2.75, 3.05) is 12.9 Å². The summed E-state index contributed by atoms with van der Waals surface area (Å²) in [6.45, 7) is 8.04. The smallest absolute Gasteiger partial charge is 0.225 e. The maximum Gasteiger partial charge on any atom is 0.225 e. The van der Waals surface area contributed by atoms with Crippen LogP contribution in [-0.4, -0.2) is 29.3 Å². The van der Waals surface area contributed by atoms with Crippen molar-refractivity contribution >= 4 is 17.5 Å². The molecule has 1 amide bonds. The highest BCUT2D eigenvalue weighted by atomic mass is 35.5. The van der Waals surface area contributed by atoms with E-state index in [0.717, 1.165) is 12.8 Å². The van der Waals surface area contributed by atoms with Crippen LogP contribution in [0.25, 0.3) is 0 Å². The predicted molar refractivity (Wildman–Crippen MR) is 61.6 cm³/mol. The zero-order chi connectivity index (χ0) is 11.4. The highest BCUT2D eigenvalue weighted by Gasteiger charge is 2.28. The van der Waals surface area contributed by atoms with Gasteiger partial charge in [-0.3, -0.25) is 4.79 Å². The quantitative estimate of drug-likeness (QED) is 0.652. The maximum absolute atomic E-state index is 11.9. The van der Waals surface area contributed by atoms with E-state index in [2.05, 4.69) is 6.92 Å². The molecule has 0 aliphatic heterocycles. The molecule has 0 saturated heterocycles. The van der Waals surface area contributed by atoms with E-state index in [0.29, 0.717) is 5.88 Å². The summed E-state index contributed by atoms with van der Waals surface area (Å²) in [5, 5.41) is 0. The maximum atomic E-state index is 11.9. The Morgan fingerprint density at radius 2 is 2.00 bits per heavy atom. The minimum Gasteiger partial charge on any atom is -0.339 e. The molecule has 1 atom stereocenters. The van der Waals surface area contributed by atoms with Crippen LogP contribution in [0, 0.1) is 5.92 Å². The van der Waals surface area contributed by atoms with Crippen molar-refractivity contribution in [1.82, 2.24) is 4.90 Å². The number of carbonyl (C=O) groups is 1. The fraction of sp³-hybridized carbons (Fsp3) is 0.909. The third kappa shape index (κ3) is 3.49. The van der Waals surface area contributed by atoms with E-state index in [1.807, 2.05) is 27.8 Å². The van der Waals surface area contributed by atoms with Crippen LogP contribution in [0.1, 0.15) is 40.5 Å². The number of halogens is 1. The average molecular weight is 220 g/mol. The van der Waals surface area contributed by atoms with Crippen LogP contribution in [-0.2, 0) is 4.79 Å². The van der Waals surface area contributed by atoms with Crippen LogP contribution < -0.4 is 0 Å². The molecule has 84 valence electrons. The van der Waals surface area contributed by atoms with Crippen molar-refractivity contribution in [2.24, 2.45) is 5.92 Å². The van der Waals surface area contributed by atoms with Crippen molar-refractivity contribution in [3.63, 3.8) is 0 Å². The first kappa shape index (κ1) is 13.8. The normalized spacial score (nSPS) is 13.9. The van der Waals surface area contributed by atoms with Crippen LogP contribution in [0.15, 0.2) is 0 Å². The first-order valence-electron chi connectivity index (χ1n) is 5.20. The van der Waals surface area contributed by atoms with E-state index in [1.54, 1.807) is 4.90 Å². The minimum atomic E-state index is -0.249. The third-order valence-corrected chi connectivity index (χ3v) is 3.36. The lowest BCUT2D eigenvalue weighted by atomic mass is 10.00. The summed E-state index contributed by atoms with van der Waals surface area (Å²) < 4.78 is 0. The van der Waals surface area contributed by atoms with Crippen LogP contribution in [0.4, 0.5) is 0 Å². The summed E-state index contributed by atoms with van der Waals surface area (Å²) in [7, 11) is 1.83. The van der Waals surface area contributed by atoms with Crippen LogP contribution in [0.2, 0.25) is 0 Å². The number of hydrogen-bond donors (Lipinski definition) is 0. The second-order valence-corrected chi connectivity index (χ2v) is 4.80. The van der Waals surface area contributed by atoms with Crippen molar-refractivity contribution in [3.05, 3.63) is 0 Å². The van der Waals surface area contributed by atoms with E-state index in [4.69, 9.17) is 11.6 Å². The largest absolute Gasteiger partial charge is 0.339 e. The third-order valence-electron chi connectivity index (χ3n) is 2.71. The van der Waals surface area contributed by atoms with Gasteiger partial charge in [-0.1, -0.05) is 20.3 Å². The van der Waals surface area contributed by atoms with Gasteiger partial charge in [-0.05, 0) is 20.3 Å². The number of rotatable bonds is 5. The van der Waals surface area contributed by atoms with Crippen LogP contribution in [0.5, 0.6) is 0 Å². The van der Waals surface area contributed by atoms with Crippen LogP contribution >= 0.6 is 11.6 Å². The Labute approximate surface area is 92.6 Å². The van der Waals surface area contributed by atoms with E-state index in [-0.39, 0.29) is 17.4 Å². The highest BCUT2D eigenvalue weighted by Crippen LogP contribution is 2.18. The fourth-order valence-corrected chi connectivity index (χ4v) is 1.45. The predicted octanol–water partition coefficient (Wildman–Crippen LogP) is 2.90. The minimum absolute atomic E-state index is 0.104. The number of alkyl halides is 1. The Kier molecular flexibility index (Phi) is 5.50. The number of amides is 1. The van der Waals surface area contributed by atoms with E-state index in [9.17, 15) is 4.79 Å². The van der Waals surface area contributed by atoms with Gasteiger partial charge in [-0.15, -0.1) is 11.6 Å². The molecule has 1 unspecified atom stereocenters. The molecule has 0 rings (SSSR count). The van der Waals surface area contributed by atoms with E-state index < -0.39 is 0 Å². The van der Waals surface area contributed by atoms with Crippen molar-refractivity contribution in [3.8, 4) is 0 Å². The Balaban J connectivity index is 4.38. The number of nitrogens with zero attached hydrogens (tertiary/aromatic N) is 1. The molecule has 0 aromatic carbocycles. The van der Waals surface area contributed by atoms with Gasteiger partial charge in [0.15, 0.2) is 0 Å². The molecule has 0 aromatic heterocycles. The molecule has 0 fully saturated rings. The first-order chi connectivity index (χ1) is 6.36. The molecular weight excluding hydrogens is 198 g/mol. The van der Waals surface area contributed by atoms with Gasteiger partial charge >= 0.3 is 0 Å². The summed E-state index contributed by atoms with van der Waals surface area (Å²) in [5.74, 6) is 0.763. The van der Waals surface area contributed by atoms with Gasteiger partial charge < -0.3 is 4.90 Å².